The summed E-state index contributed by atoms with van der Waals surface area (Å²) in [5.74, 6) is 2.41. The molecular formula is C17H17BrO5. The van der Waals surface area contributed by atoms with Gasteiger partial charge in [0.05, 0.1) is 21.3 Å². The number of carbonyl (C=O) groups is 1. The summed E-state index contributed by atoms with van der Waals surface area (Å²) in [4.78, 5) is 11.1. The van der Waals surface area contributed by atoms with Crippen molar-refractivity contribution in [1.82, 2.24) is 0 Å². The largest absolute Gasteiger partial charge is 0.497 e. The highest BCUT2D eigenvalue weighted by Crippen LogP contribution is 2.34. The Morgan fingerprint density at radius 1 is 0.957 bits per heavy atom. The number of hydrogen-bond acceptors (Lipinski definition) is 5. The highest BCUT2D eigenvalue weighted by atomic mass is 79.9. The van der Waals surface area contributed by atoms with Gasteiger partial charge in [-0.25, -0.2) is 0 Å². The van der Waals surface area contributed by atoms with Gasteiger partial charge < -0.3 is 18.9 Å². The van der Waals surface area contributed by atoms with E-state index in [2.05, 4.69) is 15.9 Å². The van der Waals surface area contributed by atoms with E-state index in [0.29, 0.717) is 33.0 Å². The Morgan fingerprint density at radius 3 is 2.30 bits per heavy atom. The Morgan fingerprint density at radius 2 is 1.70 bits per heavy atom. The maximum absolute atomic E-state index is 11.1. The maximum Gasteiger partial charge on any atom is 0.162 e. The van der Waals surface area contributed by atoms with Gasteiger partial charge in [0.2, 0.25) is 0 Å². The van der Waals surface area contributed by atoms with Gasteiger partial charge >= 0.3 is 0 Å². The molecule has 0 saturated heterocycles. The topological polar surface area (TPSA) is 54.0 Å². The molecule has 0 bridgehead atoms. The summed E-state index contributed by atoms with van der Waals surface area (Å²) >= 11 is 3.32. The fourth-order valence-electron chi connectivity index (χ4n) is 2.06. The highest BCUT2D eigenvalue weighted by Gasteiger charge is 2.12. The van der Waals surface area contributed by atoms with Crippen LogP contribution >= 0.6 is 15.9 Å². The second-order valence-corrected chi connectivity index (χ2v) is 5.46. The van der Waals surface area contributed by atoms with Gasteiger partial charge in [0.1, 0.15) is 18.1 Å². The molecular weight excluding hydrogens is 364 g/mol. The molecule has 0 aliphatic rings. The van der Waals surface area contributed by atoms with Crippen LogP contribution in [0.1, 0.15) is 15.9 Å². The Bertz CT molecular complexity index is 700. The first-order chi connectivity index (χ1) is 11.1. The summed E-state index contributed by atoms with van der Waals surface area (Å²) in [7, 11) is 4.73. The van der Waals surface area contributed by atoms with Crippen molar-refractivity contribution in [2.45, 2.75) is 6.61 Å². The van der Waals surface area contributed by atoms with Crippen LogP contribution in [0.3, 0.4) is 0 Å². The van der Waals surface area contributed by atoms with Crippen LogP contribution in [-0.4, -0.2) is 27.6 Å². The molecule has 0 amide bonds. The Hall–Kier alpha value is -2.21. The molecule has 0 aliphatic heterocycles. The molecule has 2 rings (SSSR count). The zero-order valence-corrected chi connectivity index (χ0v) is 14.7. The van der Waals surface area contributed by atoms with Gasteiger partial charge in [0, 0.05) is 15.6 Å². The van der Waals surface area contributed by atoms with E-state index in [1.165, 1.54) is 0 Å². The molecule has 0 heterocycles. The van der Waals surface area contributed by atoms with Gasteiger partial charge in [-0.2, -0.15) is 0 Å². The molecule has 23 heavy (non-hydrogen) atoms. The van der Waals surface area contributed by atoms with Crippen molar-refractivity contribution in [3.63, 3.8) is 0 Å². The summed E-state index contributed by atoms with van der Waals surface area (Å²) in [5, 5.41) is 0. The van der Waals surface area contributed by atoms with Crippen molar-refractivity contribution >= 4 is 22.2 Å². The molecule has 0 unspecified atom stereocenters. The molecule has 2 aromatic rings. The normalized spacial score (nSPS) is 10.1. The Kier molecular flexibility index (Phi) is 5.87. The van der Waals surface area contributed by atoms with Gasteiger partial charge in [-0.3, -0.25) is 4.79 Å². The molecule has 0 atom stereocenters. The maximum atomic E-state index is 11.1. The average molecular weight is 381 g/mol. The SMILES string of the molecule is COc1ccc(OC)c(COc2cc(C=O)c(Br)cc2OC)c1. The first-order valence-electron chi connectivity index (χ1n) is 6.79. The monoisotopic (exact) mass is 380 g/mol. The van der Waals surface area contributed by atoms with Gasteiger partial charge in [-0.15, -0.1) is 0 Å². The van der Waals surface area contributed by atoms with E-state index < -0.39 is 0 Å². The lowest BCUT2D eigenvalue weighted by Gasteiger charge is -2.14. The van der Waals surface area contributed by atoms with Crippen LogP contribution in [0.4, 0.5) is 0 Å². The van der Waals surface area contributed by atoms with E-state index in [0.717, 1.165) is 11.8 Å². The molecule has 0 fully saturated rings. The summed E-state index contributed by atoms with van der Waals surface area (Å²) in [6.07, 6.45) is 0.752. The van der Waals surface area contributed by atoms with Gasteiger partial charge in [-0.1, -0.05) is 0 Å². The van der Waals surface area contributed by atoms with Crippen LogP contribution in [0.2, 0.25) is 0 Å². The summed E-state index contributed by atoms with van der Waals surface area (Å²) in [6, 6.07) is 8.79. The molecule has 0 N–H and O–H groups in total. The zero-order chi connectivity index (χ0) is 16.8. The van der Waals surface area contributed by atoms with Gasteiger partial charge in [-0.05, 0) is 46.3 Å². The summed E-state index contributed by atoms with van der Waals surface area (Å²) < 4.78 is 22.3. The second kappa shape index (κ2) is 7.87. The number of rotatable bonds is 7. The molecule has 122 valence electrons. The summed E-state index contributed by atoms with van der Waals surface area (Å²) in [5.41, 5.74) is 1.31. The van der Waals surface area contributed by atoms with E-state index in [1.807, 2.05) is 18.2 Å². The standard InChI is InChI=1S/C17H17BrO5/c1-20-13-4-5-15(21-2)12(6-13)10-23-17-7-11(9-19)14(18)8-16(17)22-3/h4-9H,10H2,1-3H3. The minimum atomic E-state index is 0.247. The third kappa shape index (κ3) is 3.96. The smallest absolute Gasteiger partial charge is 0.162 e. The first kappa shape index (κ1) is 17.1. The lowest BCUT2D eigenvalue weighted by Crippen LogP contribution is -2.01. The molecule has 2 aromatic carbocycles. The second-order valence-electron chi connectivity index (χ2n) is 4.61. The molecule has 0 saturated carbocycles. The Labute approximate surface area is 143 Å². The van der Waals surface area contributed by atoms with Crippen molar-refractivity contribution in [1.29, 1.82) is 0 Å². The fraction of sp³-hybridized carbons (Fsp3) is 0.235. The van der Waals surface area contributed by atoms with Crippen molar-refractivity contribution in [3.8, 4) is 23.0 Å². The third-order valence-electron chi connectivity index (χ3n) is 3.28. The number of methoxy groups -OCH3 is 3. The molecule has 0 radical (unpaired) electrons. The summed E-state index contributed by atoms with van der Waals surface area (Å²) in [6.45, 7) is 0.247. The number of carbonyl (C=O) groups excluding carboxylic acids is 1. The number of aldehydes is 1. The van der Waals surface area contributed by atoms with Crippen LogP contribution in [0.15, 0.2) is 34.8 Å². The lowest BCUT2D eigenvalue weighted by atomic mass is 10.2. The van der Waals surface area contributed by atoms with E-state index in [9.17, 15) is 4.79 Å². The fourth-order valence-corrected chi connectivity index (χ4v) is 2.48. The number of halogens is 1. The average Bonchev–Trinajstić information content (AvgIpc) is 2.59. The van der Waals surface area contributed by atoms with E-state index in [-0.39, 0.29) is 6.61 Å². The van der Waals surface area contributed by atoms with E-state index >= 15 is 0 Å². The molecule has 0 aliphatic carbocycles. The van der Waals surface area contributed by atoms with Crippen LogP contribution in [0.25, 0.3) is 0 Å². The predicted molar refractivity (Wildman–Crippen MR) is 90.0 cm³/mol. The number of hydrogen-bond donors (Lipinski definition) is 0. The van der Waals surface area contributed by atoms with Gasteiger partial charge in [0.25, 0.3) is 0 Å². The zero-order valence-electron chi connectivity index (χ0n) is 13.1. The van der Waals surface area contributed by atoms with Crippen LogP contribution in [0.5, 0.6) is 23.0 Å². The quantitative estimate of drug-likeness (QED) is 0.682. The van der Waals surface area contributed by atoms with Crippen LogP contribution in [-0.2, 0) is 6.61 Å². The molecule has 0 aromatic heterocycles. The van der Waals surface area contributed by atoms with Crippen molar-refractivity contribution in [2.75, 3.05) is 21.3 Å². The number of benzene rings is 2. The highest BCUT2D eigenvalue weighted by molar-refractivity contribution is 9.10. The minimum Gasteiger partial charge on any atom is -0.497 e. The lowest BCUT2D eigenvalue weighted by molar-refractivity contribution is 0.112. The molecule has 0 spiro atoms. The molecule has 5 nitrogen and oxygen atoms in total. The molecule has 6 heteroatoms. The van der Waals surface area contributed by atoms with Gasteiger partial charge in [0.15, 0.2) is 17.8 Å². The van der Waals surface area contributed by atoms with Crippen molar-refractivity contribution in [2.24, 2.45) is 0 Å². The van der Waals surface area contributed by atoms with E-state index in [1.54, 1.807) is 33.5 Å². The third-order valence-corrected chi connectivity index (χ3v) is 3.97. The van der Waals surface area contributed by atoms with E-state index in [4.69, 9.17) is 18.9 Å². The predicted octanol–water partition coefficient (Wildman–Crippen LogP) is 3.87. The number of ether oxygens (including phenoxy) is 4. The van der Waals surface area contributed by atoms with Crippen molar-refractivity contribution < 1.29 is 23.7 Å². The van der Waals surface area contributed by atoms with Crippen LogP contribution < -0.4 is 18.9 Å². The Balaban J connectivity index is 2.28. The minimum absolute atomic E-state index is 0.247. The van der Waals surface area contributed by atoms with Crippen molar-refractivity contribution in [3.05, 3.63) is 45.9 Å². The van der Waals surface area contributed by atoms with Crippen LogP contribution in [0, 0.1) is 0 Å². The first-order valence-corrected chi connectivity index (χ1v) is 7.58.